The fraction of sp³-hybridized carbons (Fsp3) is 0.650. The van der Waals surface area contributed by atoms with Crippen LogP contribution in [0.5, 0.6) is 5.75 Å². The summed E-state index contributed by atoms with van der Waals surface area (Å²) < 4.78 is 16.2. The molecule has 0 radical (unpaired) electrons. The average Bonchev–Trinajstić information content (AvgIpc) is 2.75. The third-order valence-electron chi connectivity index (χ3n) is 3.68. The van der Waals surface area contributed by atoms with Gasteiger partial charge < -0.3 is 40.0 Å². The minimum Gasteiger partial charge on any atom is -0.483 e. The van der Waals surface area contributed by atoms with Gasteiger partial charge in [0.05, 0.1) is 18.4 Å². The zero-order valence-corrected chi connectivity index (χ0v) is 18.3. The van der Waals surface area contributed by atoms with Crippen molar-refractivity contribution >= 4 is 12.2 Å². The number of aliphatic hydroxyl groups excluding tert-OH is 3. The lowest BCUT2D eigenvalue weighted by Crippen LogP contribution is -2.58. The quantitative estimate of drug-likeness (QED) is 0.453. The molecule has 9 heteroatoms. The fourth-order valence-corrected chi connectivity index (χ4v) is 2.37. The van der Waals surface area contributed by atoms with E-state index in [0.717, 1.165) is 5.56 Å². The van der Waals surface area contributed by atoms with Crippen LogP contribution >= 0.6 is 0 Å². The Morgan fingerprint density at radius 1 is 1.10 bits per heavy atom. The molecule has 2 rings (SSSR count). The van der Waals surface area contributed by atoms with E-state index < -0.39 is 30.7 Å². The van der Waals surface area contributed by atoms with Crippen molar-refractivity contribution in [2.45, 2.75) is 71.9 Å². The summed E-state index contributed by atoms with van der Waals surface area (Å²) in [6.07, 6.45) is -5.51. The maximum Gasteiger partial charge on any atom is 0.290 e. The van der Waals surface area contributed by atoms with E-state index in [1.54, 1.807) is 27.1 Å². The van der Waals surface area contributed by atoms with E-state index in [0.29, 0.717) is 18.0 Å². The number of benzene rings is 1. The van der Waals surface area contributed by atoms with Gasteiger partial charge in [-0.15, -0.1) is 0 Å². The van der Waals surface area contributed by atoms with Crippen molar-refractivity contribution in [1.29, 1.82) is 0 Å². The van der Waals surface area contributed by atoms with Gasteiger partial charge in [-0.1, -0.05) is 33.8 Å². The van der Waals surface area contributed by atoms with Crippen LogP contribution in [0.3, 0.4) is 0 Å². The standard InChI is InChI=1S/C15H23NO6.2C2H6.CH2O2/c1-8-12(17)13(18)14(19)15(21-8)22-11-5-4-9(7-20-3)6-10(11)16-2;2*1-2;2-1-3/h4-6,8,12-19H,7H2,1-3H3;2*1-2H3;1H,(H,2,3). The molecule has 0 spiro atoms. The number of methoxy groups -OCH3 is 1. The summed E-state index contributed by atoms with van der Waals surface area (Å²) in [6, 6.07) is 5.44. The third kappa shape index (κ3) is 9.42. The van der Waals surface area contributed by atoms with Gasteiger partial charge in [0.2, 0.25) is 6.29 Å². The van der Waals surface area contributed by atoms with E-state index in [-0.39, 0.29) is 6.47 Å². The van der Waals surface area contributed by atoms with Gasteiger partial charge in [0.15, 0.2) is 0 Å². The Kier molecular flexibility index (Phi) is 17.2. The molecular formula is C20H37NO8. The van der Waals surface area contributed by atoms with Crippen LogP contribution in [-0.4, -0.2) is 71.8 Å². The van der Waals surface area contributed by atoms with Crippen molar-refractivity contribution in [3.63, 3.8) is 0 Å². The highest BCUT2D eigenvalue weighted by molar-refractivity contribution is 5.57. The Hall–Kier alpha value is -1.91. The molecule has 1 aliphatic heterocycles. The first kappa shape index (κ1) is 29.3. The molecule has 170 valence electrons. The Morgan fingerprint density at radius 2 is 1.66 bits per heavy atom. The lowest BCUT2D eigenvalue weighted by molar-refractivity contribution is -0.268. The highest BCUT2D eigenvalue weighted by Gasteiger charge is 2.43. The lowest BCUT2D eigenvalue weighted by Gasteiger charge is -2.39. The first-order valence-electron chi connectivity index (χ1n) is 9.63. The molecule has 9 nitrogen and oxygen atoms in total. The fourth-order valence-electron chi connectivity index (χ4n) is 2.37. The molecule has 1 aliphatic rings. The van der Waals surface area contributed by atoms with Gasteiger partial charge in [0.25, 0.3) is 6.47 Å². The molecule has 5 atom stereocenters. The van der Waals surface area contributed by atoms with Gasteiger partial charge in [-0.2, -0.15) is 0 Å². The summed E-state index contributed by atoms with van der Waals surface area (Å²) in [5, 5.41) is 39.4. The molecule has 1 fully saturated rings. The molecule has 1 heterocycles. The molecule has 0 saturated carbocycles. The molecule has 29 heavy (non-hydrogen) atoms. The predicted octanol–water partition coefficient (Wildman–Crippen LogP) is 1.83. The van der Waals surface area contributed by atoms with Gasteiger partial charge in [0.1, 0.15) is 24.1 Å². The van der Waals surface area contributed by atoms with Crippen molar-refractivity contribution in [2.75, 3.05) is 19.5 Å². The van der Waals surface area contributed by atoms with Gasteiger partial charge in [0, 0.05) is 14.2 Å². The molecule has 0 bridgehead atoms. The number of anilines is 1. The zero-order chi connectivity index (χ0) is 23.0. The normalized spacial score (nSPS) is 25.0. The van der Waals surface area contributed by atoms with Crippen molar-refractivity contribution < 1.29 is 39.4 Å². The average molecular weight is 420 g/mol. The second-order valence-corrected chi connectivity index (χ2v) is 5.42. The van der Waals surface area contributed by atoms with Crippen molar-refractivity contribution in [2.24, 2.45) is 0 Å². The molecule has 5 N–H and O–H groups in total. The zero-order valence-electron chi connectivity index (χ0n) is 18.3. The highest BCUT2D eigenvalue weighted by atomic mass is 16.7. The predicted molar refractivity (Wildman–Crippen MR) is 111 cm³/mol. The van der Waals surface area contributed by atoms with Crippen LogP contribution in [0.2, 0.25) is 0 Å². The molecule has 0 aliphatic carbocycles. The number of ether oxygens (including phenoxy) is 3. The number of carboxylic acid groups (broad SMARTS) is 1. The first-order chi connectivity index (χ1) is 13.9. The minimum atomic E-state index is -1.34. The van der Waals surface area contributed by atoms with Crippen LogP contribution < -0.4 is 10.1 Å². The van der Waals surface area contributed by atoms with Gasteiger partial charge in [-0.05, 0) is 24.6 Å². The van der Waals surface area contributed by atoms with Crippen LogP contribution in [0, 0.1) is 0 Å². The summed E-state index contributed by atoms with van der Waals surface area (Å²) in [7, 11) is 3.36. The number of hydrogen-bond donors (Lipinski definition) is 5. The van der Waals surface area contributed by atoms with E-state index in [9.17, 15) is 15.3 Å². The molecule has 1 saturated heterocycles. The Balaban J connectivity index is 0. The minimum absolute atomic E-state index is 0.250. The number of hydrogen-bond acceptors (Lipinski definition) is 8. The van der Waals surface area contributed by atoms with Gasteiger partial charge in [-0.3, -0.25) is 4.79 Å². The smallest absolute Gasteiger partial charge is 0.290 e. The van der Waals surface area contributed by atoms with Crippen LogP contribution in [0.1, 0.15) is 40.2 Å². The van der Waals surface area contributed by atoms with Gasteiger partial charge in [-0.25, -0.2) is 0 Å². The van der Waals surface area contributed by atoms with Crippen molar-refractivity contribution in [3.8, 4) is 5.75 Å². The van der Waals surface area contributed by atoms with E-state index >= 15 is 0 Å². The first-order valence-corrected chi connectivity index (χ1v) is 9.63. The molecule has 0 amide bonds. The van der Waals surface area contributed by atoms with E-state index in [1.165, 1.54) is 0 Å². The number of nitrogens with one attached hydrogen (secondary N) is 1. The van der Waals surface area contributed by atoms with Crippen LogP contribution in [0.25, 0.3) is 0 Å². The summed E-state index contributed by atoms with van der Waals surface area (Å²) >= 11 is 0. The molecule has 5 unspecified atom stereocenters. The molecule has 1 aromatic rings. The maximum absolute atomic E-state index is 9.99. The monoisotopic (exact) mass is 419 g/mol. The molecule has 0 aromatic heterocycles. The topological polar surface area (TPSA) is 138 Å². The largest absolute Gasteiger partial charge is 0.483 e. The second-order valence-electron chi connectivity index (χ2n) is 5.42. The summed E-state index contributed by atoms with van der Waals surface area (Å²) in [5.41, 5.74) is 1.67. The summed E-state index contributed by atoms with van der Waals surface area (Å²) in [5.74, 6) is 0.474. The highest BCUT2D eigenvalue weighted by Crippen LogP contribution is 2.30. The van der Waals surface area contributed by atoms with E-state index in [2.05, 4.69) is 5.32 Å². The number of carbonyl (C=O) groups is 1. The number of rotatable bonds is 5. The van der Waals surface area contributed by atoms with E-state index in [1.807, 2.05) is 39.8 Å². The summed E-state index contributed by atoms with van der Waals surface area (Å²) in [6.45, 7) is 9.83. The second kappa shape index (κ2) is 17.0. The van der Waals surface area contributed by atoms with E-state index in [4.69, 9.17) is 24.1 Å². The Labute approximate surface area is 173 Å². The van der Waals surface area contributed by atoms with Crippen molar-refractivity contribution in [3.05, 3.63) is 23.8 Å². The molecule has 1 aromatic carbocycles. The third-order valence-corrected chi connectivity index (χ3v) is 3.68. The lowest BCUT2D eigenvalue weighted by atomic mass is 10.00. The van der Waals surface area contributed by atoms with Crippen molar-refractivity contribution in [1.82, 2.24) is 0 Å². The number of aliphatic hydroxyl groups is 3. The van der Waals surface area contributed by atoms with Gasteiger partial charge >= 0.3 is 0 Å². The Morgan fingerprint density at radius 3 is 2.14 bits per heavy atom. The van der Waals surface area contributed by atoms with Crippen LogP contribution in [0.15, 0.2) is 18.2 Å². The summed E-state index contributed by atoms with van der Waals surface area (Å²) in [4.78, 5) is 8.36. The SMILES string of the molecule is CC.CC.CNc1cc(COC)ccc1OC1OC(C)C(O)C(O)C1O.O=CO. The molecular weight excluding hydrogens is 382 g/mol. The van der Waals surface area contributed by atoms with Crippen LogP contribution in [-0.2, 0) is 20.9 Å². The maximum atomic E-state index is 9.99. The Bertz CT molecular complexity index is 543. The van der Waals surface area contributed by atoms with Crippen LogP contribution in [0.4, 0.5) is 5.69 Å².